The third-order valence-corrected chi connectivity index (χ3v) is 6.88. The molecule has 0 bridgehead atoms. The third kappa shape index (κ3) is 6.49. The van der Waals surface area contributed by atoms with Crippen molar-refractivity contribution in [3.63, 3.8) is 0 Å². The summed E-state index contributed by atoms with van der Waals surface area (Å²) in [5.41, 5.74) is 4.43. The number of amides is 2. The highest BCUT2D eigenvalue weighted by atomic mass is 32.2. The van der Waals surface area contributed by atoms with Crippen molar-refractivity contribution in [1.29, 1.82) is 0 Å². The van der Waals surface area contributed by atoms with Crippen LogP contribution in [-0.4, -0.2) is 50.7 Å². The maximum Gasteiger partial charge on any atom is 0.324 e. The van der Waals surface area contributed by atoms with Gasteiger partial charge in [0, 0.05) is 28.4 Å². The van der Waals surface area contributed by atoms with E-state index in [1.807, 2.05) is 81.4 Å². The van der Waals surface area contributed by atoms with E-state index >= 15 is 0 Å². The lowest BCUT2D eigenvalue weighted by Gasteiger charge is -2.27. The van der Waals surface area contributed by atoms with Gasteiger partial charge in [0.05, 0.1) is 18.8 Å². The molecule has 4 aromatic rings. The molecule has 0 aliphatic carbocycles. The van der Waals surface area contributed by atoms with Crippen LogP contribution in [0.15, 0.2) is 70.7 Å². The molecule has 1 unspecified atom stereocenters. The highest BCUT2D eigenvalue weighted by Gasteiger charge is 2.28. The Labute approximate surface area is 225 Å². The van der Waals surface area contributed by atoms with Crippen molar-refractivity contribution in [3.8, 4) is 0 Å². The van der Waals surface area contributed by atoms with Gasteiger partial charge in [-0.15, -0.1) is 0 Å². The van der Waals surface area contributed by atoms with E-state index < -0.39 is 6.23 Å². The van der Waals surface area contributed by atoms with Gasteiger partial charge >= 0.3 is 6.03 Å². The van der Waals surface area contributed by atoms with Crippen LogP contribution in [0.5, 0.6) is 0 Å². The molecule has 2 aromatic heterocycles. The van der Waals surface area contributed by atoms with Crippen molar-refractivity contribution in [2.45, 2.75) is 43.6 Å². The van der Waals surface area contributed by atoms with E-state index in [0.29, 0.717) is 29.8 Å². The molecular formula is C27H29N7O3S. The first-order valence-electron chi connectivity index (χ1n) is 12.2. The highest BCUT2D eigenvalue weighted by molar-refractivity contribution is 7.99. The summed E-state index contributed by atoms with van der Waals surface area (Å²) < 4.78 is 11.0. The molecule has 1 atom stereocenters. The number of aromatic nitrogens is 4. The largest absolute Gasteiger partial charge is 0.351 e. The molecule has 0 saturated carbocycles. The van der Waals surface area contributed by atoms with Gasteiger partial charge in [0.1, 0.15) is 18.4 Å². The van der Waals surface area contributed by atoms with Crippen LogP contribution in [0.1, 0.15) is 22.5 Å². The number of anilines is 3. The van der Waals surface area contributed by atoms with Gasteiger partial charge in [0.15, 0.2) is 11.4 Å². The molecule has 0 spiro atoms. The molecule has 1 fully saturated rings. The minimum atomic E-state index is -0.446. The lowest BCUT2D eigenvalue weighted by atomic mass is 10.2. The second kappa shape index (κ2) is 11.6. The van der Waals surface area contributed by atoms with E-state index in [4.69, 9.17) is 9.47 Å². The number of aromatic amines is 1. The van der Waals surface area contributed by atoms with Crippen LogP contribution in [-0.2, 0) is 16.0 Å². The molecule has 11 heteroatoms. The van der Waals surface area contributed by atoms with Crippen molar-refractivity contribution < 1.29 is 14.3 Å². The number of urea groups is 1. The van der Waals surface area contributed by atoms with Gasteiger partial charge < -0.3 is 20.1 Å². The van der Waals surface area contributed by atoms with Crippen molar-refractivity contribution in [2.75, 3.05) is 24.0 Å². The summed E-state index contributed by atoms with van der Waals surface area (Å²) in [5, 5.41) is 13.9. The quantitative estimate of drug-likeness (QED) is 0.259. The predicted octanol–water partition coefficient (Wildman–Crippen LogP) is 5.38. The Balaban J connectivity index is 1.28. The molecular weight excluding hydrogens is 502 g/mol. The standard InChI is InChI=1S/C27H29N7O3S/c1-17-11-21(29-27(35)34(25-15-36-16-37-25)14-20-7-5-4-6-8-20)9-10-22(17)38-26-28-18(2)12-23(31-26)30-24-13-19(3)32-33-24/h4-13,25H,14-16H2,1-3H3,(H,29,35)(H2,28,30,31,32,33). The van der Waals surface area contributed by atoms with Crippen molar-refractivity contribution in [2.24, 2.45) is 0 Å². The Kier molecular flexibility index (Phi) is 7.87. The normalized spacial score (nSPS) is 14.9. The van der Waals surface area contributed by atoms with Crippen LogP contribution in [0.3, 0.4) is 0 Å². The number of nitrogens with zero attached hydrogens (tertiary/aromatic N) is 4. The molecule has 1 aliphatic heterocycles. The van der Waals surface area contributed by atoms with Gasteiger partial charge in [-0.1, -0.05) is 30.3 Å². The lowest BCUT2D eigenvalue weighted by molar-refractivity contribution is -0.00718. The van der Waals surface area contributed by atoms with Crippen LogP contribution < -0.4 is 10.6 Å². The number of carbonyl (C=O) groups excluding carboxylic acids is 1. The predicted molar refractivity (Wildman–Crippen MR) is 145 cm³/mol. The summed E-state index contributed by atoms with van der Waals surface area (Å²) in [6, 6.07) is 19.1. The van der Waals surface area contributed by atoms with E-state index in [2.05, 4.69) is 30.8 Å². The zero-order chi connectivity index (χ0) is 26.5. The van der Waals surface area contributed by atoms with E-state index in [1.165, 1.54) is 11.8 Å². The number of nitrogens with one attached hydrogen (secondary N) is 3. The van der Waals surface area contributed by atoms with Crippen LogP contribution in [0.2, 0.25) is 0 Å². The van der Waals surface area contributed by atoms with Gasteiger partial charge in [-0.25, -0.2) is 14.8 Å². The Morgan fingerprint density at radius 1 is 1.08 bits per heavy atom. The van der Waals surface area contributed by atoms with E-state index in [0.717, 1.165) is 33.2 Å². The maximum absolute atomic E-state index is 13.3. The zero-order valence-corrected chi connectivity index (χ0v) is 22.2. The molecule has 1 saturated heterocycles. The summed E-state index contributed by atoms with van der Waals surface area (Å²) in [5.74, 6) is 1.45. The number of benzene rings is 2. The summed E-state index contributed by atoms with van der Waals surface area (Å²) in [6.45, 7) is 6.76. The van der Waals surface area contributed by atoms with E-state index in [-0.39, 0.29) is 12.8 Å². The van der Waals surface area contributed by atoms with Crippen molar-refractivity contribution in [3.05, 3.63) is 83.2 Å². The second-order valence-electron chi connectivity index (χ2n) is 8.96. The van der Waals surface area contributed by atoms with Crippen LogP contribution >= 0.6 is 11.8 Å². The van der Waals surface area contributed by atoms with Crippen LogP contribution in [0.25, 0.3) is 0 Å². The molecule has 3 heterocycles. The molecule has 2 amide bonds. The first kappa shape index (κ1) is 25.7. The first-order valence-corrected chi connectivity index (χ1v) is 13.0. The van der Waals surface area contributed by atoms with Crippen LogP contribution in [0, 0.1) is 20.8 Å². The average molecular weight is 532 g/mol. The van der Waals surface area contributed by atoms with Gasteiger partial charge in [-0.2, -0.15) is 5.10 Å². The molecule has 3 N–H and O–H groups in total. The fourth-order valence-corrected chi connectivity index (χ4v) is 4.88. The van der Waals surface area contributed by atoms with Crippen molar-refractivity contribution in [1.82, 2.24) is 25.1 Å². The number of carbonyl (C=O) groups is 1. The summed E-state index contributed by atoms with van der Waals surface area (Å²) in [6.07, 6.45) is -0.446. The van der Waals surface area contributed by atoms with Gasteiger partial charge in [-0.3, -0.25) is 10.00 Å². The minimum absolute atomic E-state index is 0.175. The third-order valence-electron chi connectivity index (χ3n) is 5.84. The first-order chi connectivity index (χ1) is 18.4. The highest BCUT2D eigenvalue weighted by Crippen LogP contribution is 2.31. The minimum Gasteiger partial charge on any atom is -0.351 e. The van der Waals surface area contributed by atoms with E-state index in [9.17, 15) is 4.79 Å². The summed E-state index contributed by atoms with van der Waals surface area (Å²) >= 11 is 1.47. The molecule has 0 radical (unpaired) electrons. The number of hydrogen-bond acceptors (Lipinski definition) is 8. The second-order valence-corrected chi connectivity index (χ2v) is 9.97. The molecule has 1 aliphatic rings. The average Bonchev–Trinajstić information content (AvgIpc) is 3.56. The van der Waals surface area contributed by atoms with Gasteiger partial charge in [-0.05, 0) is 61.9 Å². The molecule has 2 aromatic carbocycles. The maximum atomic E-state index is 13.3. The lowest BCUT2D eigenvalue weighted by Crippen LogP contribution is -2.43. The number of H-pyrrole nitrogens is 1. The van der Waals surface area contributed by atoms with Gasteiger partial charge in [0.25, 0.3) is 0 Å². The molecule has 5 rings (SSSR count). The Hall–Kier alpha value is -3.93. The number of aryl methyl sites for hydroxylation is 3. The Bertz CT molecular complexity index is 1410. The molecule has 10 nitrogen and oxygen atoms in total. The zero-order valence-electron chi connectivity index (χ0n) is 21.4. The Morgan fingerprint density at radius 3 is 2.63 bits per heavy atom. The number of ether oxygens (including phenoxy) is 2. The summed E-state index contributed by atoms with van der Waals surface area (Å²) in [4.78, 5) is 25.1. The number of rotatable bonds is 8. The smallest absolute Gasteiger partial charge is 0.324 e. The summed E-state index contributed by atoms with van der Waals surface area (Å²) in [7, 11) is 0. The fraction of sp³-hybridized carbons (Fsp3) is 0.259. The van der Waals surface area contributed by atoms with Gasteiger partial charge in [0.2, 0.25) is 0 Å². The molecule has 196 valence electrons. The monoisotopic (exact) mass is 531 g/mol. The fourth-order valence-electron chi connectivity index (χ4n) is 4.00. The van der Waals surface area contributed by atoms with Crippen LogP contribution in [0.4, 0.5) is 22.1 Å². The topological polar surface area (TPSA) is 117 Å². The Morgan fingerprint density at radius 2 is 1.92 bits per heavy atom. The van der Waals surface area contributed by atoms with Crippen molar-refractivity contribution >= 4 is 35.1 Å². The van der Waals surface area contributed by atoms with E-state index in [1.54, 1.807) is 4.90 Å². The number of hydrogen-bond donors (Lipinski definition) is 3. The molecule has 38 heavy (non-hydrogen) atoms. The SMILES string of the molecule is Cc1cc(Nc2cc(C)nc(Sc3ccc(NC(=O)N(Cc4ccccc4)C4COCO4)cc3C)n2)[nH]n1.